The molecule has 2 nitrogen and oxygen atoms in total. The molecule has 0 aliphatic carbocycles. The summed E-state index contributed by atoms with van der Waals surface area (Å²) in [6.07, 6.45) is 0. The molecular weight excluding hydrogens is 449 g/mol. The van der Waals surface area contributed by atoms with E-state index in [9.17, 15) is 0 Å². The first-order chi connectivity index (χ1) is 2.00. The van der Waals surface area contributed by atoms with Crippen LogP contribution in [0.1, 0.15) is 0 Å². The van der Waals surface area contributed by atoms with Gasteiger partial charge >= 0.3 is 80.4 Å². The van der Waals surface area contributed by atoms with Crippen LogP contribution in [0.4, 0.5) is 0 Å². The molecule has 5 heavy (non-hydrogen) atoms. The number of hydrogen-bond donors (Lipinski definition) is 0. The van der Waals surface area contributed by atoms with Crippen LogP contribution >= 0.6 is 0 Å². The van der Waals surface area contributed by atoms with E-state index in [4.69, 9.17) is 5.89 Å². The predicted octanol–water partition coefficient (Wildman–Crippen LogP) is -1.54. The van der Waals surface area contributed by atoms with Crippen molar-refractivity contribution in [1.29, 1.82) is 0 Å². The van der Waals surface area contributed by atoms with E-state index in [0.717, 1.165) is 0 Å². The van der Waals surface area contributed by atoms with Crippen molar-refractivity contribution in [3.8, 4) is 0 Å². The average Bonchev–Trinajstić information content (AvgIpc) is 1.50. The van der Waals surface area contributed by atoms with E-state index in [1.807, 2.05) is 0 Å². The Hall–Kier alpha value is 2.20. The number of hydrogen-bond acceptors (Lipinski definition) is 2. The summed E-state index contributed by atoms with van der Waals surface area (Å²) in [4.78, 5) is 0. The first kappa shape index (κ1) is 15.7. The van der Waals surface area contributed by atoms with E-state index in [1.54, 1.807) is 0 Å². The summed E-state index contributed by atoms with van der Waals surface area (Å²) in [5, 5.41) is 0. The third-order valence-electron chi connectivity index (χ3n) is 0. The second-order valence-corrected chi connectivity index (χ2v) is 0. The average molecular weight is 451 g/mol. The van der Waals surface area contributed by atoms with Crippen molar-refractivity contribution in [2.75, 3.05) is 0 Å². The van der Waals surface area contributed by atoms with Crippen LogP contribution in [0.3, 0.4) is 0 Å². The molecule has 0 aliphatic rings. The minimum atomic E-state index is 0. The molecule has 0 aliphatic heterocycles. The van der Waals surface area contributed by atoms with E-state index < -0.39 is 0 Å². The Morgan fingerprint density at radius 1 is 1.20 bits per heavy atom. The summed E-state index contributed by atoms with van der Waals surface area (Å²) in [5.41, 5.74) is 0. The van der Waals surface area contributed by atoms with Gasteiger partial charge in [0.2, 0.25) is 0 Å². The summed E-state index contributed by atoms with van der Waals surface area (Å²) < 4.78 is 16.7. The monoisotopic (exact) mass is 452 g/mol. The van der Waals surface area contributed by atoms with Crippen LogP contribution < -0.4 is 0 Å². The molecule has 0 unspecified atom stereocenters. The molecule has 0 spiro atoms. The van der Waals surface area contributed by atoms with Gasteiger partial charge in [-0.25, -0.2) is 0 Å². The maximum atomic E-state index is 8.34. The topological polar surface area (TPSA) is 34.1 Å². The van der Waals surface area contributed by atoms with Gasteiger partial charge in [-0.1, -0.05) is 0 Å². The quantitative estimate of drug-likeness (QED) is 0.419. The molecule has 5 heteroatoms. The van der Waals surface area contributed by atoms with E-state index in [1.165, 1.54) is 0 Å². The number of rotatable bonds is 0. The van der Waals surface area contributed by atoms with Gasteiger partial charge in [0, 0.05) is 0 Å². The standard InChI is InChI=1S/2O.Pb.Sn.Zr.2H. The van der Waals surface area contributed by atoms with Gasteiger partial charge < -0.3 is 0 Å². The Bertz CT molecular complexity index is 11.6. The van der Waals surface area contributed by atoms with Crippen molar-refractivity contribution in [1.82, 2.24) is 0 Å². The van der Waals surface area contributed by atoms with Crippen LogP contribution in [-0.4, -0.2) is 49.8 Å². The van der Waals surface area contributed by atoms with E-state index >= 15 is 0 Å². The van der Waals surface area contributed by atoms with E-state index in [0.29, 0.717) is 47.2 Å². The molecule has 26 valence electrons. The zero-order chi connectivity index (χ0) is 4.00. The summed E-state index contributed by atoms with van der Waals surface area (Å²) in [6.45, 7) is 0. The second kappa shape index (κ2) is 34.6. The Labute approximate surface area is 79.0 Å². The zero-order valence-electron chi connectivity index (χ0n) is 2.52. The van der Waals surface area contributed by atoms with Crippen molar-refractivity contribution in [3.05, 3.63) is 0 Å². The molecule has 0 aromatic rings. The van der Waals surface area contributed by atoms with Gasteiger partial charge in [0.1, 0.15) is 0 Å². The fourth-order valence-corrected chi connectivity index (χ4v) is 0. The molecule has 0 aromatic heterocycles. The minimum absolute atomic E-state index is 0. The predicted molar refractivity (Wildman–Crippen MR) is 15.7 cm³/mol. The van der Waals surface area contributed by atoms with Crippen LogP contribution in [0.25, 0.3) is 0 Å². The molecule has 4 radical (unpaired) electrons. The van der Waals surface area contributed by atoms with Gasteiger partial charge in [-0.15, -0.1) is 0 Å². The molecule has 0 rings (SSSR count). The molecule has 0 heterocycles. The SMILES string of the molecule is [O]=[Sn].[O]=[Zr].[PbH2]. The van der Waals surface area contributed by atoms with Crippen LogP contribution in [-0.2, 0) is 30.6 Å². The maximum absolute atomic E-state index is 8.34. The fraction of sp³-hybridized carbons (Fsp3) is 0. The molecule has 0 fully saturated rings. The third kappa shape index (κ3) is 22.6. The van der Waals surface area contributed by atoms with Gasteiger partial charge in [0.25, 0.3) is 0 Å². The van der Waals surface area contributed by atoms with Gasteiger partial charge in [0.05, 0.1) is 0 Å². The second-order valence-electron chi connectivity index (χ2n) is 0. The molecule has 0 saturated carbocycles. The first-order valence-electron chi connectivity index (χ1n) is 0.408. The molecule has 0 atom stereocenters. The molecule has 0 bridgehead atoms. The van der Waals surface area contributed by atoms with Crippen LogP contribution in [0.5, 0.6) is 0 Å². The van der Waals surface area contributed by atoms with Gasteiger partial charge in [-0.3, -0.25) is 0 Å². The van der Waals surface area contributed by atoms with Crippen molar-refractivity contribution < 1.29 is 30.6 Å². The fourth-order valence-electron chi connectivity index (χ4n) is 0. The summed E-state index contributed by atoms with van der Waals surface area (Å²) in [7, 11) is 0. The van der Waals surface area contributed by atoms with Crippen molar-refractivity contribution in [2.24, 2.45) is 0 Å². The van der Waals surface area contributed by atoms with Gasteiger partial charge in [0.15, 0.2) is 0 Å². The van der Waals surface area contributed by atoms with Gasteiger partial charge in [-0.2, -0.15) is 0 Å². The summed E-state index contributed by atoms with van der Waals surface area (Å²) >= 11 is 0.600. The van der Waals surface area contributed by atoms with Crippen LogP contribution in [0, 0.1) is 0 Å². The third-order valence-corrected chi connectivity index (χ3v) is 0. The van der Waals surface area contributed by atoms with E-state index in [2.05, 4.69) is 0 Å². The Balaban J connectivity index is -0.0000000133. The summed E-state index contributed by atoms with van der Waals surface area (Å²) in [6, 6.07) is 0. The first-order valence-corrected chi connectivity index (χ1v) is 2.58. The van der Waals surface area contributed by atoms with Crippen molar-refractivity contribution >= 4 is 49.8 Å². The van der Waals surface area contributed by atoms with Gasteiger partial charge in [-0.05, 0) is 0 Å². The summed E-state index contributed by atoms with van der Waals surface area (Å²) in [5.74, 6) is 0. The molecule has 0 aromatic carbocycles. The van der Waals surface area contributed by atoms with E-state index in [-0.39, 0.29) is 27.3 Å². The van der Waals surface area contributed by atoms with Crippen molar-refractivity contribution in [3.63, 3.8) is 0 Å². The molecule has 0 N–H and O–H groups in total. The molecule has 0 saturated heterocycles. The molecular formula is H2O2PbSnZr. The normalized spacial score (nSPS) is 1.40. The Morgan fingerprint density at radius 2 is 1.20 bits per heavy atom. The van der Waals surface area contributed by atoms with Crippen LogP contribution in [0.15, 0.2) is 0 Å². The Kier molecular flexibility index (Phi) is 109. The van der Waals surface area contributed by atoms with Crippen LogP contribution in [0.2, 0.25) is 0 Å². The van der Waals surface area contributed by atoms with Crippen molar-refractivity contribution in [2.45, 2.75) is 0 Å². The molecule has 0 amide bonds. The Morgan fingerprint density at radius 3 is 1.20 bits per heavy atom. The zero-order valence-corrected chi connectivity index (χ0v) is 13.3.